The summed E-state index contributed by atoms with van der Waals surface area (Å²) in [4.78, 5) is 0. The Morgan fingerprint density at radius 2 is 1.60 bits per heavy atom. The molecule has 25 heavy (non-hydrogen) atoms. The third kappa shape index (κ3) is 2.16. The second-order valence-corrected chi connectivity index (χ2v) is 11.4. The Morgan fingerprint density at radius 1 is 0.800 bits per heavy atom. The second kappa shape index (κ2) is 5.25. The topological polar surface area (TPSA) is 21.3 Å². The van der Waals surface area contributed by atoms with Gasteiger partial charge in [0.25, 0.3) is 0 Å². The summed E-state index contributed by atoms with van der Waals surface area (Å²) in [5, 5.41) is 3.69. The van der Waals surface area contributed by atoms with E-state index in [4.69, 9.17) is 4.74 Å². The standard InChI is InChI=1S/C23H39NO/c1-20(2)24-15-23(25-20)14-11-19-17-9-8-16-7-5-6-12-21(16,3)18(17)10-13-22(19,23)4/h16-19,24H,5-15H2,1-4H3/t16-,17+,18-,19+,21-,22-,23+/m0/s1. The number of fused-ring (bicyclic) bond motifs is 6. The van der Waals surface area contributed by atoms with Gasteiger partial charge in [-0.05, 0) is 94.3 Å². The van der Waals surface area contributed by atoms with Crippen LogP contribution in [0.5, 0.6) is 0 Å². The van der Waals surface area contributed by atoms with E-state index in [0.29, 0.717) is 10.8 Å². The summed E-state index contributed by atoms with van der Waals surface area (Å²) < 4.78 is 6.77. The molecule has 2 nitrogen and oxygen atoms in total. The molecule has 0 radical (unpaired) electrons. The summed E-state index contributed by atoms with van der Waals surface area (Å²) in [5.41, 5.74) is 1.03. The number of nitrogens with one attached hydrogen (secondary N) is 1. The third-order valence-corrected chi connectivity index (χ3v) is 10.1. The summed E-state index contributed by atoms with van der Waals surface area (Å²) in [5.74, 6) is 3.92. The lowest BCUT2D eigenvalue weighted by Gasteiger charge is -2.61. The van der Waals surface area contributed by atoms with E-state index in [9.17, 15) is 0 Å². The maximum Gasteiger partial charge on any atom is 0.114 e. The maximum absolute atomic E-state index is 6.77. The van der Waals surface area contributed by atoms with Crippen LogP contribution in [0.2, 0.25) is 0 Å². The molecule has 1 saturated heterocycles. The lowest BCUT2D eigenvalue weighted by molar-refractivity contribution is -0.180. The van der Waals surface area contributed by atoms with E-state index in [1.807, 2.05) is 0 Å². The molecule has 2 heteroatoms. The molecule has 0 aromatic carbocycles. The summed E-state index contributed by atoms with van der Waals surface area (Å²) in [6.07, 6.45) is 14.6. The van der Waals surface area contributed by atoms with Crippen molar-refractivity contribution in [3.05, 3.63) is 0 Å². The fourth-order valence-electron chi connectivity index (χ4n) is 8.76. The molecular weight excluding hydrogens is 306 g/mol. The molecule has 1 aliphatic heterocycles. The van der Waals surface area contributed by atoms with Crippen LogP contribution in [0.4, 0.5) is 0 Å². The smallest absolute Gasteiger partial charge is 0.114 e. The fourth-order valence-corrected chi connectivity index (χ4v) is 8.76. The largest absolute Gasteiger partial charge is 0.353 e. The van der Waals surface area contributed by atoms with Crippen molar-refractivity contribution >= 4 is 0 Å². The van der Waals surface area contributed by atoms with Gasteiger partial charge in [0.2, 0.25) is 0 Å². The minimum Gasteiger partial charge on any atom is -0.353 e. The van der Waals surface area contributed by atoms with Crippen LogP contribution in [0.1, 0.15) is 91.9 Å². The van der Waals surface area contributed by atoms with Gasteiger partial charge in [0.15, 0.2) is 0 Å². The highest BCUT2D eigenvalue weighted by molar-refractivity contribution is 5.17. The van der Waals surface area contributed by atoms with Crippen LogP contribution in [0, 0.1) is 34.5 Å². The Kier molecular flexibility index (Phi) is 3.58. The average molecular weight is 346 g/mol. The van der Waals surface area contributed by atoms with E-state index in [0.717, 1.165) is 30.2 Å². The predicted molar refractivity (Wildman–Crippen MR) is 102 cm³/mol. The number of hydrogen-bond acceptors (Lipinski definition) is 2. The Morgan fingerprint density at radius 3 is 2.36 bits per heavy atom. The number of rotatable bonds is 0. The zero-order chi connectivity index (χ0) is 17.5. The Hall–Kier alpha value is -0.0800. The molecule has 0 aromatic heterocycles. The van der Waals surface area contributed by atoms with E-state index < -0.39 is 0 Å². The normalized spacial score (nSPS) is 57.1. The zero-order valence-electron chi connectivity index (χ0n) is 17.0. The van der Waals surface area contributed by atoms with Crippen LogP contribution in [0.3, 0.4) is 0 Å². The van der Waals surface area contributed by atoms with Crippen molar-refractivity contribution in [2.45, 2.75) is 103 Å². The van der Waals surface area contributed by atoms with Gasteiger partial charge in [-0.25, -0.2) is 0 Å². The molecule has 1 N–H and O–H groups in total. The molecule has 5 fully saturated rings. The number of ether oxygens (including phenoxy) is 1. The second-order valence-electron chi connectivity index (χ2n) is 11.4. The van der Waals surface area contributed by atoms with Gasteiger partial charge in [-0.15, -0.1) is 0 Å². The van der Waals surface area contributed by atoms with Crippen LogP contribution in [-0.2, 0) is 4.74 Å². The van der Waals surface area contributed by atoms with Crippen molar-refractivity contribution in [1.82, 2.24) is 5.32 Å². The minimum atomic E-state index is -0.137. The van der Waals surface area contributed by atoms with E-state index in [1.54, 1.807) is 0 Å². The molecule has 142 valence electrons. The van der Waals surface area contributed by atoms with E-state index >= 15 is 0 Å². The molecule has 0 bridgehead atoms. The highest BCUT2D eigenvalue weighted by atomic mass is 16.6. The van der Waals surface area contributed by atoms with Gasteiger partial charge in [-0.2, -0.15) is 0 Å². The lowest BCUT2D eigenvalue weighted by Crippen LogP contribution is -2.57. The molecule has 7 atom stereocenters. The molecule has 1 heterocycles. The first kappa shape index (κ1) is 17.0. The van der Waals surface area contributed by atoms with Gasteiger partial charge < -0.3 is 4.74 Å². The Labute approximate surface area is 154 Å². The molecule has 0 amide bonds. The van der Waals surface area contributed by atoms with E-state index in [2.05, 4.69) is 33.0 Å². The fraction of sp³-hybridized carbons (Fsp3) is 1.00. The number of hydrogen-bond donors (Lipinski definition) is 1. The Bertz CT molecular complexity index is 558. The lowest BCUT2D eigenvalue weighted by atomic mass is 9.44. The van der Waals surface area contributed by atoms with Gasteiger partial charge in [-0.1, -0.05) is 26.7 Å². The molecular formula is C23H39NO. The monoisotopic (exact) mass is 345 g/mol. The zero-order valence-corrected chi connectivity index (χ0v) is 17.0. The van der Waals surface area contributed by atoms with Crippen LogP contribution >= 0.6 is 0 Å². The van der Waals surface area contributed by atoms with Crippen LogP contribution in [-0.4, -0.2) is 17.9 Å². The van der Waals surface area contributed by atoms with Gasteiger partial charge >= 0.3 is 0 Å². The van der Waals surface area contributed by atoms with Crippen LogP contribution in [0.15, 0.2) is 0 Å². The summed E-state index contributed by atoms with van der Waals surface area (Å²) >= 11 is 0. The molecule has 0 unspecified atom stereocenters. The Balaban J connectivity index is 1.46. The van der Waals surface area contributed by atoms with Crippen molar-refractivity contribution in [3.63, 3.8) is 0 Å². The van der Waals surface area contributed by atoms with Crippen molar-refractivity contribution in [1.29, 1.82) is 0 Å². The first-order chi connectivity index (χ1) is 11.8. The molecule has 5 rings (SSSR count). The molecule has 4 aliphatic carbocycles. The molecule has 1 spiro atoms. The van der Waals surface area contributed by atoms with Gasteiger partial charge in [-0.3, -0.25) is 5.32 Å². The van der Waals surface area contributed by atoms with Gasteiger partial charge in [0.1, 0.15) is 5.72 Å². The van der Waals surface area contributed by atoms with Crippen LogP contribution in [0.25, 0.3) is 0 Å². The van der Waals surface area contributed by atoms with Gasteiger partial charge in [0.05, 0.1) is 5.60 Å². The maximum atomic E-state index is 6.77. The van der Waals surface area contributed by atoms with Crippen molar-refractivity contribution in [3.8, 4) is 0 Å². The quantitative estimate of drug-likeness (QED) is 0.624. The highest BCUT2D eigenvalue weighted by Crippen LogP contribution is 2.69. The molecule has 0 aromatic rings. The minimum absolute atomic E-state index is 0.108. The molecule has 5 aliphatic rings. The van der Waals surface area contributed by atoms with Crippen molar-refractivity contribution < 1.29 is 4.74 Å². The van der Waals surface area contributed by atoms with Crippen molar-refractivity contribution in [2.75, 3.05) is 6.54 Å². The predicted octanol–water partition coefficient (Wildman–Crippen LogP) is 5.51. The molecule has 4 saturated carbocycles. The van der Waals surface area contributed by atoms with Gasteiger partial charge in [0, 0.05) is 12.0 Å². The van der Waals surface area contributed by atoms with Crippen molar-refractivity contribution in [2.24, 2.45) is 34.5 Å². The summed E-state index contributed by atoms with van der Waals surface area (Å²) in [6, 6.07) is 0. The first-order valence-electron chi connectivity index (χ1n) is 11.2. The van der Waals surface area contributed by atoms with Crippen LogP contribution < -0.4 is 5.32 Å². The summed E-state index contributed by atoms with van der Waals surface area (Å²) in [6.45, 7) is 10.8. The summed E-state index contributed by atoms with van der Waals surface area (Å²) in [7, 11) is 0. The third-order valence-electron chi connectivity index (χ3n) is 10.1. The first-order valence-corrected chi connectivity index (χ1v) is 11.2. The van der Waals surface area contributed by atoms with E-state index in [1.165, 1.54) is 64.2 Å². The highest BCUT2D eigenvalue weighted by Gasteiger charge is 2.67. The average Bonchev–Trinajstić information content (AvgIpc) is 3.04. The SMILES string of the molecule is CC1(C)NC[C@@]2(CC[C@@H]3[C@@H]4CC[C@@H]5CCCC[C@]5(C)[C@H]4CC[C@@]32C)O1. The van der Waals surface area contributed by atoms with E-state index in [-0.39, 0.29) is 11.3 Å².